The van der Waals surface area contributed by atoms with Crippen LogP contribution in [0.2, 0.25) is 0 Å². The highest BCUT2D eigenvalue weighted by molar-refractivity contribution is 6.01. The summed E-state index contributed by atoms with van der Waals surface area (Å²) in [6, 6.07) is 13.7. The zero-order valence-electron chi connectivity index (χ0n) is 15.4. The minimum absolute atomic E-state index is 0.179. The molecule has 138 valence electrons. The number of benzene rings is 2. The van der Waals surface area contributed by atoms with E-state index in [1.807, 2.05) is 30.3 Å². The van der Waals surface area contributed by atoms with Gasteiger partial charge in [0.25, 0.3) is 0 Å². The molecule has 0 saturated carbocycles. The predicted octanol–water partition coefficient (Wildman–Crippen LogP) is 3.39. The molecule has 1 amide bonds. The monoisotopic (exact) mass is 363 g/mol. The van der Waals surface area contributed by atoms with E-state index < -0.39 is 0 Å². The Labute approximate surface area is 157 Å². The van der Waals surface area contributed by atoms with E-state index >= 15 is 0 Å². The first-order chi connectivity index (χ1) is 13.2. The van der Waals surface area contributed by atoms with Crippen LogP contribution in [0.5, 0.6) is 11.5 Å². The van der Waals surface area contributed by atoms with E-state index in [4.69, 9.17) is 9.47 Å². The van der Waals surface area contributed by atoms with Crippen LogP contribution in [-0.4, -0.2) is 23.5 Å². The van der Waals surface area contributed by atoms with E-state index in [1.54, 1.807) is 6.21 Å². The molecule has 1 N–H and O–H groups in total. The molecule has 0 aliphatic carbocycles. The van der Waals surface area contributed by atoms with Crippen LogP contribution in [-0.2, 0) is 17.8 Å². The van der Waals surface area contributed by atoms with Gasteiger partial charge in [0, 0.05) is 28.7 Å². The van der Waals surface area contributed by atoms with Crippen LogP contribution in [0.15, 0.2) is 47.6 Å². The molecule has 0 unspecified atom stereocenters. The second-order valence-electron chi connectivity index (χ2n) is 6.42. The van der Waals surface area contributed by atoms with Gasteiger partial charge in [-0.3, -0.25) is 4.79 Å². The number of hydrogen-bond donors (Lipinski definition) is 1. The number of para-hydroxylation sites is 1. The number of fused-ring (bicyclic) bond motifs is 2. The minimum atomic E-state index is -0.179. The van der Waals surface area contributed by atoms with Crippen molar-refractivity contribution in [3.63, 3.8) is 0 Å². The van der Waals surface area contributed by atoms with E-state index in [2.05, 4.69) is 41.1 Å². The summed E-state index contributed by atoms with van der Waals surface area (Å²) >= 11 is 0. The summed E-state index contributed by atoms with van der Waals surface area (Å²) in [4.78, 5) is 12.2. The third kappa shape index (κ3) is 3.26. The summed E-state index contributed by atoms with van der Waals surface area (Å²) in [5, 5.41) is 5.31. The molecule has 0 radical (unpaired) electrons. The lowest BCUT2D eigenvalue weighted by molar-refractivity contribution is -0.120. The fourth-order valence-electron chi connectivity index (χ4n) is 3.47. The zero-order chi connectivity index (χ0) is 18.8. The lowest BCUT2D eigenvalue weighted by Crippen LogP contribution is -2.19. The van der Waals surface area contributed by atoms with Crippen molar-refractivity contribution in [2.45, 2.75) is 26.8 Å². The summed E-state index contributed by atoms with van der Waals surface area (Å²) in [6.45, 7) is 5.30. The maximum Gasteiger partial charge on any atom is 0.244 e. The molecule has 0 spiro atoms. The number of nitrogens with zero attached hydrogens (tertiary/aromatic N) is 2. The fourth-order valence-corrected chi connectivity index (χ4v) is 3.47. The standard InChI is InChI=1S/C21H21N3O3/c1-3-24-14(2)17(16-6-4-5-7-18(16)24)12-22-23-21(25)11-15-8-9-19-20(10-15)27-13-26-19/h4-10,12H,3,11,13H2,1-2H3,(H,23,25)/b22-12-. The van der Waals surface area contributed by atoms with E-state index in [1.165, 1.54) is 5.52 Å². The summed E-state index contributed by atoms with van der Waals surface area (Å²) in [7, 11) is 0. The molecule has 1 aliphatic rings. The number of ether oxygens (including phenoxy) is 2. The second kappa shape index (κ2) is 7.15. The Kier molecular flexibility index (Phi) is 4.54. The minimum Gasteiger partial charge on any atom is -0.454 e. The Balaban J connectivity index is 1.47. The van der Waals surface area contributed by atoms with Crippen LogP contribution >= 0.6 is 0 Å². The maximum atomic E-state index is 12.2. The molecule has 1 aromatic heterocycles. The Bertz CT molecular complexity index is 1040. The van der Waals surface area contributed by atoms with Crippen molar-refractivity contribution < 1.29 is 14.3 Å². The molecule has 27 heavy (non-hydrogen) atoms. The van der Waals surface area contributed by atoms with E-state index in [0.29, 0.717) is 11.5 Å². The van der Waals surface area contributed by atoms with Crippen molar-refractivity contribution in [3.05, 3.63) is 59.3 Å². The molecular formula is C21H21N3O3. The van der Waals surface area contributed by atoms with Gasteiger partial charge < -0.3 is 14.0 Å². The predicted molar refractivity (Wildman–Crippen MR) is 104 cm³/mol. The number of aryl methyl sites for hydroxylation is 1. The number of rotatable bonds is 5. The van der Waals surface area contributed by atoms with E-state index in [0.717, 1.165) is 28.8 Å². The second-order valence-corrected chi connectivity index (χ2v) is 6.42. The van der Waals surface area contributed by atoms with Crippen LogP contribution in [0.1, 0.15) is 23.7 Å². The van der Waals surface area contributed by atoms with Gasteiger partial charge in [-0.05, 0) is 37.6 Å². The Hall–Kier alpha value is -3.28. The van der Waals surface area contributed by atoms with Gasteiger partial charge >= 0.3 is 0 Å². The average molecular weight is 363 g/mol. The SMILES string of the molecule is CCn1c(C)c(/C=N\NC(=O)Cc2ccc3c(c2)OCO3)c2ccccc21. The number of carbonyl (C=O) groups is 1. The summed E-state index contributed by atoms with van der Waals surface area (Å²) in [6.07, 6.45) is 1.95. The molecule has 6 heteroatoms. The molecule has 2 aromatic carbocycles. The third-order valence-electron chi connectivity index (χ3n) is 4.78. The molecule has 3 aromatic rings. The number of aromatic nitrogens is 1. The highest BCUT2D eigenvalue weighted by Gasteiger charge is 2.14. The normalized spacial score (nSPS) is 12.8. The first kappa shape index (κ1) is 17.1. The van der Waals surface area contributed by atoms with Gasteiger partial charge in [-0.1, -0.05) is 24.3 Å². The molecule has 0 saturated heterocycles. The van der Waals surface area contributed by atoms with Gasteiger partial charge in [0.05, 0.1) is 12.6 Å². The van der Waals surface area contributed by atoms with Crippen LogP contribution < -0.4 is 14.9 Å². The fraction of sp³-hybridized carbons (Fsp3) is 0.238. The largest absolute Gasteiger partial charge is 0.454 e. The molecule has 1 aliphatic heterocycles. The van der Waals surface area contributed by atoms with Crippen molar-refractivity contribution in [2.24, 2.45) is 5.10 Å². The first-order valence-electron chi connectivity index (χ1n) is 8.95. The summed E-state index contributed by atoms with van der Waals surface area (Å²) in [5.74, 6) is 1.20. The molecule has 6 nitrogen and oxygen atoms in total. The molecule has 0 bridgehead atoms. The highest BCUT2D eigenvalue weighted by Crippen LogP contribution is 2.32. The topological polar surface area (TPSA) is 64.9 Å². The van der Waals surface area contributed by atoms with Crippen molar-refractivity contribution in [1.29, 1.82) is 0 Å². The van der Waals surface area contributed by atoms with E-state index in [-0.39, 0.29) is 19.1 Å². The molecule has 0 fully saturated rings. The van der Waals surface area contributed by atoms with Gasteiger partial charge in [-0.25, -0.2) is 5.43 Å². The van der Waals surface area contributed by atoms with Crippen molar-refractivity contribution >= 4 is 23.0 Å². The summed E-state index contributed by atoms with van der Waals surface area (Å²) < 4.78 is 12.9. The number of amides is 1. The molecular weight excluding hydrogens is 342 g/mol. The highest BCUT2D eigenvalue weighted by atomic mass is 16.7. The molecule has 0 atom stereocenters. The lowest BCUT2D eigenvalue weighted by Gasteiger charge is -2.03. The zero-order valence-corrected chi connectivity index (χ0v) is 15.4. The smallest absolute Gasteiger partial charge is 0.244 e. The Morgan fingerprint density at radius 1 is 1.22 bits per heavy atom. The Morgan fingerprint density at radius 2 is 2.04 bits per heavy atom. The number of carbonyl (C=O) groups excluding carboxylic acids is 1. The van der Waals surface area contributed by atoms with Crippen LogP contribution in [0, 0.1) is 6.92 Å². The van der Waals surface area contributed by atoms with Gasteiger partial charge in [0.15, 0.2) is 11.5 Å². The van der Waals surface area contributed by atoms with Crippen LogP contribution in [0.4, 0.5) is 0 Å². The van der Waals surface area contributed by atoms with Crippen molar-refractivity contribution in [2.75, 3.05) is 6.79 Å². The first-order valence-corrected chi connectivity index (χ1v) is 8.95. The molecule has 2 heterocycles. The number of hydrogen-bond acceptors (Lipinski definition) is 4. The van der Waals surface area contributed by atoms with Crippen molar-refractivity contribution in [3.8, 4) is 11.5 Å². The lowest BCUT2D eigenvalue weighted by atomic mass is 10.1. The molecule has 4 rings (SSSR count). The van der Waals surface area contributed by atoms with Crippen LogP contribution in [0.3, 0.4) is 0 Å². The van der Waals surface area contributed by atoms with Crippen LogP contribution in [0.25, 0.3) is 10.9 Å². The third-order valence-corrected chi connectivity index (χ3v) is 4.78. The number of nitrogens with one attached hydrogen (secondary N) is 1. The maximum absolute atomic E-state index is 12.2. The number of hydrazone groups is 1. The van der Waals surface area contributed by atoms with Crippen molar-refractivity contribution in [1.82, 2.24) is 9.99 Å². The average Bonchev–Trinajstić information content (AvgIpc) is 3.24. The van der Waals surface area contributed by atoms with Gasteiger partial charge in [0.1, 0.15) is 0 Å². The summed E-state index contributed by atoms with van der Waals surface area (Å²) in [5.41, 5.74) is 6.80. The quantitative estimate of drug-likeness (QED) is 0.558. The van der Waals surface area contributed by atoms with E-state index in [9.17, 15) is 4.79 Å². The van der Waals surface area contributed by atoms with Gasteiger partial charge in [-0.15, -0.1) is 0 Å². The Morgan fingerprint density at radius 3 is 2.89 bits per heavy atom. The van der Waals surface area contributed by atoms with Gasteiger partial charge in [0.2, 0.25) is 12.7 Å². The van der Waals surface area contributed by atoms with Gasteiger partial charge in [-0.2, -0.15) is 5.10 Å².